The smallest absolute Gasteiger partial charge is 0.135 e. The summed E-state index contributed by atoms with van der Waals surface area (Å²) in [5, 5.41) is 2.42. The second-order valence-electron chi connectivity index (χ2n) is 8.24. The quantitative estimate of drug-likeness (QED) is 0.418. The second-order valence-corrected chi connectivity index (χ2v) is 8.24. The van der Waals surface area contributed by atoms with Gasteiger partial charge in [0.25, 0.3) is 0 Å². The second kappa shape index (κ2) is 5.78. The Hall–Kier alpha value is -2.94. The van der Waals surface area contributed by atoms with E-state index in [1.54, 1.807) is 0 Å². The fourth-order valence-electron chi connectivity index (χ4n) is 5.35. The zero-order valence-electron chi connectivity index (χ0n) is 16.4. The molecule has 0 amide bonds. The van der Waals surface area contributed by atoms with Crippen LogP contribution in [0.4, 0.5) is 11.4 Å². The largest absolute Gasteiger partial charge is 0.456 e. The van der Waals surface area contributed by atoms with Gasteiger partial charge in [-0.05, 0) is 62.1 Å². The van der Waals surface area contributed by atoms with Crippen LogP contribution in [0.1, 0.15) is 24.5 Å². The van der Waals surface area contributed by atoms with Gasteiger partial charge in [0.15, 0.2) is 0 Å². The number of furan rings is 1. The highest BCUT2D eigenvalue weighted by atomic mass is 16.3. The molecule has 3 aliphatic heterocycles. The zero-order chi connectivity index (χ0) is 18.8. The summed E-state index contributed by atoms with van der Waals surface area (Å²) in [4.78, 5) is 5.23. The maximum atomic E-state index is 6.11. The molecule has 7 rings (SSSR count). The third-order valence-corrected chi connectivity index (χ3v) is 6.68. The molecule has 3 heteroatoms. The fourth-order valence-corrected chi connectivity index (χ4v) is 5.35. The Morgan fingerprint density at radius 3 is 2.64 bits per heavy atom. The average Bonchev–Trinajstić information content (AvgIpc) is 2.88. The molecule has 0 saturated carbocycles. The highest BCUT2D eigenvalue weighted by Crippen LogP contribution is 2.41. The SMILES string of the molecule is Cc1cc2oc3ccccc3c2cc1N1C2CCN(c3ccccc3C2)[C@@H]1C. The molecule has 0 spiro atoms. The molecule has 2 atom stereocenters. The number of hydrogen-bond donors (Lipinski definition) is 0. The van der Waals surface area contributed by atoms with E-state index in [4.69, 9.17) is 4.42 Å². The summed E-state index contributed by atoms with van der Waals surface area (Å²) in [7, 11) is 0. The van der Waals surface area contributed by atoms with Crippen molar-refractivity contribution in [2.75, 3.05) is 16.3 Å². The van der Waals surface area contributed by atoms with Crippen molar-refractivity contribution in [2.45, 2.75) is 38.9 Å². The molecule has 1 saturated heterocycles. The van der Waals surface area contributed by atoms with Gasteiger partial charge in [-0.1, -0.05) is 36.4 Å². The zero-order valence-corrected chi connectivity index (χ0v) is 16.4. The number of aryl methyl sites for hydroxylation is 1. The van der Waals surface area contributed by atoms with E-state index >= 15 is 0 Å². The van der Waals surface area contributed by atoms with Crippen LogP contribution in [-0.2, 0) is 6.42 Å². The molecule has 4 heterocycles. The summed E-state index contributed by atoms with van der Waals surface area (Å²) in [6.07, 6.45) is 2.65. The van der Waals surface area contributed by atoms with Crippen LogP contribution in [0.15, 0.2) is 65.1 Å². The maximum absolute atomic E-state index is 6.11. The van der Waals surface area contributed by atoms with Gasteiger partial charge in [-0.3, -0.25) is 0 Å². The van der Waals surface area contributed by atoms with Gasteiger partial charge in [0.1, 0.15) is 11.2 Å². The van der Waals surface area contributed by atoms with Crippen molar-refractivity contribution in [1.29, 1.82) is 0 Å². The summed E-state index contributed by atoms with van der Waals surface area (Å²) in [5.41, 5.74) is 7.47. The first-order valence-corrected chi connectivity index (χ1v) is 10.3. The Kier molecular flexibility index (Phi) is 3.31. The molecule has 2 bridgehead atoms. The average molecular weight is 368 g/mol. The standard InChI is InChI=1S/C25H24N2O/c1-16-13-25-21(20-8-4-6-10-24(20)28-25)15-23(16)27-17(2)26-12-11-19(27)14-18-7-3-5-9-22(18)26/h3-10,13,15,17,19H,11-12,14H2,1-2H3/t17-,19?/m0/s1. The number of para-hydroxylation sites is 2. The topological polar surface area (TPSA) is 19.6 Å². The Morgan fingerprint density at radius 2 is 1.71 bits per heavy atom. The number of hydrogen-bond acceptors (Lipinski definition) is 3. The lowest BCUT2D eigenvalue weighted by Crippen LogP contribution is -2.56. The minimum atomic E-state index is 0.344. The van der Waals surface area contributed by atoms with Crippen LogP contribution in [0.2, 0.25) is 0 Å². The van der Waals surface area contributed by atoms with Crippen LogP contribution >= 0.6 is 0 Å². The summed E-state index contributed by atoms with van der Waals surface area (Å²) in [5.74, 6) is 0. The number of fused-ring (bicyclic) bond motifs is 5. The molecule has 0 N–H and O–H groups in total. The monoisotopic (exact) mass is 368 g/mol. The highest BCUT2D eigenvalue weighted by Gasteiger charge is 2.38. The van der Waals surface area contributed by atoms with Gasteiger partial charge < -0.3 is 14.2 Å². The summed E-state index contributed by atoms with van der Waals surface area (Å²) < 4.78 is 6.11. The van der Waals surface area contributed by atoms with Crippen molar-refractivity contribution in [3.05, 3.63) is 71.8 Å². The van der Waals surface area contributed by atoms with E-state index in [9.17, 15) is 0 Å². The predicted molar refractivity (Wildman–Crippen MR) is 116 cm³/mol. The minimum Gasteiger partial charge on any atom is -0.456 e. The van der Waals surface area contributed by atoms with Gasteiger partial charge in [0.2, 0.25) is 0 Å². The van der Waals surface area contributed by atoms with Crippen LogP contribution in [0.25, 0.3) is 21.9 Å². The number of rotatable bonds is 1. The van der Waals surface area contributed by atoms with E-state index in [-0.39, 0.29) is 0 Å². The van der Waals surface area contributed by atoms with Gasteiger partial charge in [-0.15, -0.1) is 0 Å². The van der Waals surface area contributed by atoms with Crippen molar-refractivity contribution >= 4 is 33.3 Å². The van der Waals surface area contributed by atoms with Crippen molar-refractivity contribution < 1.29 is 4.42 Å². The van der Waals surface area contributed by atoms with E-state index in [0.717, 1.165) is 24.1 Å². The van der Waals surface area contributed by atoms with Gasteiger partial charge in [-0.25, -0.2) is 0 Å². The van der Waals surface area contributed by atoms with E-state index in [1.165, 1.54) is 39.7 Å². The third-order valence-electron chi connectivity index (χ3n) is 6.68. The fraction of sp³-hybridized carbons (Fsp3) is 0.280. The number of anilines is 2. The van der Waals surface area contributed by atoms with E-state index in [0.29, 0.717) is 12.2 Å². The molecule has 1 fully saturated rings. The number of benzene rings is 3. The van der Waals surface area contributed by atoms with Crippen molar-refractivity contribution in [1.82, 2.24) is 0 Å². The van der Waals surface area contributed by atoms with Crippen molar-refractivity contribution in [2.24, 2.45) is 0 Å². The van der Waals surface area contributed by atoms with Crippen LogP contribution < -0.4 is 9.80 Å². The van der Waals surface area contributed by atoms with Crippen LogP contribution in [0.3, 0.4) is 0 Å². The lowest BCUT2D eigenvalue weighted by atomic mass is 9.99. The highest BCUT2D eigenvalue weighted by molar-refractivity contribution is 6.06. The molecular weight excluding hydrogens is 344 g/mol. The first-order chi connectivity index (χ1) is 13.7. The van der Waals surface area contributed by atoms with Gasteiger partial charge in [-0.2, -0.15) is 0 Å². The van der Waals surface area contributed by atoms with E-state index in [1.807, 2.05) is 6.07 Å². The molecule has 3 nitrogen and oxygen atoms in total. The normalized spacial score (nSPS) is 21.4. The lowest BCUT2D eigenvalue weighted by Gasteiger charge is -2.47. The minimum absolute atomic E-state index is 0.344. The maximum Gasteiger partial charge on any atom is 0.135 e. The third kappa shape index (κ3) is 2.16. The van der Waals surface area contributed by atoms with Gasteiger partial charge in [0, 0.05) is 34.7 Å². The van der Waals surface area contributed by atoms with Gasteiger partial charge in [0.05, 0.1) is 6.17 Å². The molecule has 1 aromatic heterocycles. The summed E-state index contributed by atoms with van der Waals surface area (Å²) in [6.45, 7) is 5.70. The molecule has 3 aliphatic rings. The van der Waals surface area contributed by atoms with E-state index in [2.05, 4.69) is 78.2 Å². The molecule has 0 aliphatic carbocycles. The van der Waals surface area contributed by atoms with Crippen molar-refractivity contribution in [3.63, 3.8) is 0 Å². The van der Waals surface area contributed by atoms with Crippen LogP contribution in [-0.4, -0.2) is 18.8 Å². The molecule has 1 unspecified atom stereocenters. The molecular formula is C25H24N2O. The van der Waals surface area contributed by atoms with Crippen LogP contribution in [0.5, 0.6) is 0 Å². The molecule has 0 radical (unpaired) electrons. The summed E-state index contributed by atoms with van der Waals surface area (Å²) in [6, 6.07) is 22.4. The Morgan fingerprint density at radius 1 is 0.893 bits per heavy atom. The number of nitrogens with zero attached hydrogens (tertiary/aromatic N) is 2. The van der Waals surface area contributed by atoms with Crippen molar-refractivity contribution in [3.8, 4) is 0 Å². The Labute approximate surface area is 165 Å². The van der Waals surface area contributed by atoms with Crippen LogP contribution in [0, 0.1) is 6.92 Å². The molecule has 140 valence electrons. The Balaban J connectivity index is 1.53. The van der Waals surface area contributed by atoms with E-state index < -0.39 is 0 Å². The predicted octanol–water partition coefficient (Wildman–Crippen LogP) is 5.88. The molecule has 28 heavy (non-hydrogen) atoms. The first kappa shape index (κ1) is 16.1. The lowest BCUT2D eigenvalue weighted by molar-refractivity contribution is 0.435. The molecule has 4 aromatic rings. The Bertz CT molecular complexity index is 1210. The summed E-state index contributed by atoms with van der Waals surface area (Å²) >= 11 is 0. The molecule has 3 aromatic carbocycles. The first-order valence-electron chi connectivity index (χ1n) is 10.3. The van der Waals surface area contributed by atoms with Gasteiger partial charge >= 0.3 is 0 Å².